The predicted molar refractivity (Wildman–Crippen MR) is 72.2 cm³/mol. The summed E-state index contributed by atoms with van der Waals surface area (Å²) < 4.78 is 38.6. The molecular formula is C14H11BrF3NO. The summed E-state index contributed by atoms with van der Waals surface area (Å²) >= 11 is 3.17. The van der Waals surface area contributed by atoms with Gasteiger partial charge in [0.15, 0.2) is 0 Å². The molecule has 1 unspecified atom stereocenters. The third-order valence-electron chi connectivity index (χ3n) is 2.99. The molecule has 1 heterocycles. The Morgan fingerprint density at radius 3 is 2.50 bits per heavy atom. The average molecular weight is 346 g/mol. The van der Waals surface area contributed by atoms with Crippen LogP contribution < -0.4 is 0 Å². The van der Waals surface area contributed by atoms with Crippen molar-refractivity contribution in [3.63, 3.8) is 0 Å². The van der Waals surface area contributed by atoms with Crippen molar-refractivity contribution in [2.75, 3.05) is 0 Å². The van der Waals surface area contributed by atoms with Crippen LogP contribution in [0.2, 0.25) is 0 Å². The molecule has 0 amide bonds. The molecule has 106 valence electrons. The molecule has 6 heteroatoms. The molecular weight excluding hydrogens is 335 g/mol. The summed E-state index contributed by atoms with van der Waals surface area (Å²) in [6, 6.07) is 4.89. The second kappa shape index (κ2) is 5.54. The summed E-state index contributed by atoms with van der Waals surface area (Å²) in [5.41, 5.74) is 0.608. The van der Waals surface area contributed by atoms with Crippen molar-refractivity contribution < 1.29 is 18.3 Å². The molecule has 0 bridgehead atoms. The van der Waals surface area contributed by atoms with Gasteiger partial charge < -0.3 is 5.11 Å². The smallest absolute Gasteiger partial charge is 0.384 e. The van der Waals surface area contributed by atoms with E-state index in [2.05, 4.69) is 20.9 Å². The molecule has 20 heavy (non-hydrogen) atoms. The van der Waals surface area contributed by atoms with Crippen LogP contribution in [0.5, 0.6) is 0 Å². The first kappa shape index (κ1) is 15.0. The Kier molecular flexibility index (Phi) is 4.15. The standard InChI is InChI=1S/C14H11BrF3NO/c1-8-4-5-19-7-11(8)13(20)10-6-9(14(16,17)18)2-3-12(10)15/h2-7,13,20H,1H3. The quantitative estimate of drug-likeness (QED) is 0.882. The molecule has 0 fully saturated rings. The van der Waals surface area contributed by atoms with Gasteiger partial charge in [-0.1, -0.05) is 15.9 Å². The Morgan fingerprint density at radius 2 is 1.90 bits per heavy atom. The van der Waals surface area contributed by atoms with Gasteiger partial charge in [0.05, 0.1) is 5.56 Å². The molecule has 2 rings (SSSR count). The first-order valence-electron chi connectivity index (χ1n) is 5.76. The molecule has 1 N–H and O–H groups in total. The molecule has 0 radical (unpaired) electrons. The summed E-state index contributed by atoms with van der Waals surface area (Å²) in [7, 11) is 0. The van der Waals surface area contributed by atoms with Crippen molar-refractivity contribution in [2.45, 2.75) is 19.2 Å². The Balaban J connectivity index is 2.50. The van der Waals surface area contributed by atoms with Crippen LogP contribution in [-0.2, 0) is 6.18 Å². The molecule has 0 spiro atoms. The van der Waals surface area contributed by atoms with E-state index in [9.17, 15) is 18.3 Å². The number of aliphatic hydroxyl groups excluding tert-OH is 1. The lowest BCUT2D eigenvalue weighted by molar-refractivity contribution is -0.137. The van der Waals surface area contributed by atoms with Gasteiger partial charge in [-0.15, -0.1) is 0 Å². The van der Waals surface area contributed by atoms with Crippen LogP contribution >= 0.6 is 15.9 Å². The number of halogens is 4. The summed E-state index contributed by atoms with van der Waals surface area (Å²) in [5.74, 6) is 0. The van der Waals surface area contributed by atoms with E-state index in [1.807, 2.05) is 0 Å². The van der Waals surface area contributed by atoms with Gasteiger partial charge >= 0.3 is 6.18 Å². The van der Waals surface area contributed by atoms with Gasteiger partial charge in [-0.05, 0) is 42.3 Å². The maximum atomic E-state index is 12.7. The van der Waals surface area contributed by atoms with Gasteiger partial charge in [-0.25, -0.2) is 0 Å². The maximum Gasteiger partial charge on any atom is 0.416 e. The highest BCUT2D eigenvalue weighted by atomic mass is 79.9. The van der Waals surface area contributed by atoms with E-state index in [4.69, 9.17) is 0 Å². The van der Waals surface area contributed by atoms with E-state index in [-0.39, 0.29) is 5.56 Å². The highest BCUT2D eigenvalue weighted by molar-refractivity contribution is 9.10. The fourth-order valence-electron chi connectivity index (χ4n) is 1.86. The molecule has 0 saturated carbocycles. The lowest BCUT2D eigenvalue weighted by Gasteiger charge is -2.17. The Bertz CT molecular complexity index is 628. The zero-order chi connectivity index (χ0) is 14.9. The van der Waals surface area contributed by atoms with E-state index in [1.165, 1.54) is 12.3 Å². The molecule has 2 aromatic rings. The molecule has 1 aromatic heterocycles. The second-order valence-corrected chi connectivity index (χ2v) is 5.22. The van der Waals surface area contributed by atoms with Crippen LogP contribution in [0.3, 0.4) is 0 Å². The number of hydrogen-bond donors (Lipinski definition) is 1. The minimum Gasteiger partial charge on any atom is -0.384 e. The van der Waals surface area contributed by atoms with Crippen LogP contribution in [0.1, 0.15) is 28.4 Å². The Hall–Kier alpha value is -1.40. The highest BCUT2D eigenvalue weighted by Gasteiger charge is 2.31. The number of nitrogens with zero attached hydrogens (tertiary/aromatic N) is 1. The van der Waals surface area contributed by atoms with Crippen molar-refractivity contribution in [3.05, 3.63) is 63.4 Å². The van der Waals surface area contributed by atoms with Gasteiger partial charge in [0.2, 0.25) is 0 Å². The highest BCUT2D eigenvalue weighted by Crippen LogP contribution is 2.36. The number of rotatable bonds is 2. The summed E-state index contributed by atoms with van der Waals surface area (Å²) in [5, 5.41) is 10.3. The van der Waals surface area contributed by atoms with Gasteiger partial charge in [0.1, 0.15) is 6.10 Å². The molecule has 0 aliphatic carbocycles. The number of aromatic nitrogens is 1. The van der Waals surface area contributed by atoms with Crippen molar-refractivity contribution in [3.8, 4) is 0 Å². The fraction of sp³-hybridized carbons (Fsp3) is 0.214. The zero-order valence-corrected chi connectivity index (χ0v) is 12.0. The minimum absolute atomic E-state index is 0.163. The monoisotopic (exact) mass is 345 g/mol. The number of aliphatic hydroxyl groups is 1. The number of pyridine rings is 1. The van der Waals surface area contributed by atoms with Crippen LogP contribution in [0.25, 0.3) is 0 Å². The topological polar surface area (TPSA) is 33.1 Å². The second-order valence-electron chi connectivity index (χ2n) is 4.37. The van der Waals surface area contributed by atoms with Gasteiger partial charge in [-0.2, -0.15) is 13.2 Å². The van der Waals surface area contributed by atoms with E-state index in [1.54, 1.807) is 19.2 Å². The molecule has 0 saturated heterocycles. The van der Waals surface area contributed by atoms with E-state index < -0.39 is 17.8 Å². The molecule has 1 aromatic carbocycles. The first-order chi connectivity index (χ1) is 9.30. The lowest BCUT2D eigenvalue weighted by Crippen LogP contribution is -2.09. The maximum absolute atomic E-state index is 12.7. The van der Waals surface area contributed by atoms with Gasteiger partial charge in [-0.3, -0.25) is 4.98 Å². The SMILES string of the molecule is Cc1ccncc1C(O)c1cc(C(F)(F)F)ccc1Br. The number of alkyl halides is 3. The van der Waals surface area contributed by atoms with Crippen molar-refractivity contribution in [2.24, 2.45) is 0 Å². The van der Waals surface area contributed by atoms with Gasteiger partial charge in [0, 0.05) is 22.4 Å². The Morgan fingerprint density at radius 1 is 1.20 bits per heavy atom. The van der Waals surface area contributed by atoms with Gasteiger partial charge in [0.25, 0.3) is 0 Å². The van der Waals surface area contributed by atoms with Crippen LogP contribution in [0.4, 0.5) is 13.2 Å². The van der Waals surface area contributed by atoms with Crippen LogP contribution in [0, 0.1) is 6.92 Å². The third-order valence-corrected chi connectivity index (χ3v) is 3.71. The molecule has 2 nitrogen and oxygen atoms in total. The predicted octanol–water partition coefficient (Wildman–Crippen LogP) is 4.25. The molecule has 0 aliphatic heterocycles. The number of benzene rings is 1. The minimum atomic E-state index is -4.45. The average Bonchev–Trinajstić information content (AvgIpc) is 2.37. The lowest BCUT2D eigenvalue weighted by atomic mass is 9.98. The summed E-state index contributed by atoms with van der Waals surface area (Å²) in [4.78, 5) is 3.90. The summed E-state index contributed by atoms with van der Waals surface area (Å²) in [6.07, 6.45) is -2.60. The molecule has 0 aliphatic rings. The van der Waals surface area contributed by atoms with E-state index in [0.29, 0.717) is 10.0 Å². The largest absolute Gasteiger partial charge is 0.416 e. The number of hydrogen-bond acceptors (Lipinski definition) is 2. The van der Waals surface area contributed by atoms with Crippen LogP contribution in [-0.4, -0.2) is 10.1 Å². The fourth-order valence-corrected chi connectivity index (χ4v) is 2.32. The zero-order valence-electron chi connectivity index (χ0n) is 10.4. The van der Waals surface area contributed by atoms with Crippen molar-refractivity contribution in [1.82, 2.24) is 4.98 Å². The van der Waals surface area contributed by atoms with Crippen molar-refractivity contribution in [1.29, 1.82) is 0 Å². The number of aryl methyl sites for hydroxylation is 1. The normalized spacial score (nSPS) is 13.3. The molecule has 1 atom stereocenters. The third kappa shape index (κ3) is 3.02. The van der Waals surface area contributed by atoms with E-state index in [0.717, 1.165) is 17.7 Å². The summed E-state index contributed by atoms with van der Waals surface area (Å²) in [6.45, 7) is 1.77. The van der Waals surface area contributed by atoms with Crippen LogP contribution in [0.15, 0.2) is 41.1 Å². The van der Waals surface area contributed by atoms with Crippen molar-refractivity contribution >= 4 is 15.9 Å². The van der Waals surface area contributed by atoms with E-state index >= 15 is 0 Å². The Labute approximate surface area is 122 Å². The first-order valence-corrected chi connectivity index (χ1v) is 6.55.